The van der Waals surface area contributed by atoms with Gasteiger partial charge in [-0.3, -0.25) is 4.79 Å². The molecule has 5 heteroatoms. The van der Waals surface area contributed by atoms with Crippen LogP contribution in [0.25, 0.3) is 0 Å². The summed E-state index contributed by atoms with van der Waals surface area (Å²) in [7, 11) is 3.78. The number of amides is 1. The summed E-state index contributed by atoms with van der Waals surface area (Å²) in [6.45, 7) is 2.88. The second-order valence-electron chi connectivity index (χ2n) is 4.88. The van der Waals surface area contributed by atoms with Gasteiger partial charge in [0.2, 0.25) is 5.91 Å². The predicted molar refractivity (Wildman–Crippen MR) is 79.1 cm³/mol. The van der Waals surface area contributed by atoms with Crippen LogP contribution in [0, 0.1) is 0 Å². The Morgan fingerprint density at radius 2 is 2.15 bits per heavy atom. The fraction of sp³-hybridized carbons (Fsp3) is 0.333. The lowest BCUT2D eigenvalue weighted by molar-refractivity contribution is -0.128. The highest BCUT2D eigenvalue weighted by Crippen LogP contribution is 2.17. The average molecular weight is 272 g/mol. The zero-order valence-electron chi connectivity index (χ0n) is 12.1. The highest BCUT2D eigenvalue weighted by atomic mass is 16.2. The molecule has 0 saturated carbocycles. The average Bonchev–Trinajstić information content (AvgIpc) is 2.83. The van der Waals surface area contributed by atoms with Crippen LogP contribution in [0.4, 0.5) is 5.69 Å². The Labute approximate surface area is 119 Å². The maximum absolute atomic E-state index is 11.3. The lowest BCUT2D eigenvalue weighted by Crippen LogP contribution is -2.23. The van der Waals surface area contributed by atoms with Crippen LogP contribution in [-0.4, -0.2) is 27.4 Å². The molecule has 1 heterocycles. The van der Waals surface area contributed by atoms with Gasteiger partial charge in [-0.2, -0.15) is 0 Å². The van der Waals surface area contributed by atoms with Gasteiger partial charge in [0.1, 0.15) is 0 Å². The normalized spacial score (nSPS) is 10.3. The Hall–Kier alpha value is -2.30. The summed E-state index contributed by atoms with van der Waals surface area (Å²) in [6.07, 6.45) is 3.63. The van der Waals surface area contributed by atoms with E-state index in [1.165, 1.54) is 0 Å². The monoisotopic (exact) mass is 272 g/mol. The number of carbonyl (C=O) groups is 1. The first-order valence-corrected chi connectivity index (χ1v) is 6.56. The molecular formula is C15H20N4O. The van der Waals surface area contributed by atoms with Crippen LogP contribution in [0.3, 0.4) is 0 Å². The lowest BCUT2D eigenvalue weighted by Gasteiger charge is -2.18. The van der Waals surface area contributed by atoms with Gasteiger partial charge < -0.3 is 14.8 Å². The summed E-state index contributed by atoms with van der Waals surface area (Å²) in [4.78, 5) is 17.1. The third-order valence-electron chi connectivity index (χ3n) is 3.34. The van der Waals surface area contributed by atoms with Crippen LogP contribution in [0.1, 0.15) is 18.2 Å². The number of para-hydroxylation sites is 1. The van der Waals surface area contributed by atoms with Crippen molar-refractivity contribution in [1.82, 2.24) is 14.5 Å². The van der Waals surface area contributed by atoms with Crippen LogP contribution in [-0.2, 0) is 24.9 Å². The molecule has 1 aromatic heterocycles. The van der Waals surface area contributed by atoms with Crippen molar-refractivity contribution in [2.45, 2.75) is 20.0 Å². The fourth-order valence-corrected chi connectivity index (χ4v) is 1.94. The van der Waals surface area contributed by atoms with E-state index in [4.69, 9.17) is 0 Å². The van der Waals surface area contributed by atoms with Crippen molar-refractivity contribution in [3.05, 3.63) is 48.0 Å². The molecule has 1 N–H and O–H groups in total. The summed E-state index contributed by atoms with van der Waals surface area (Å²) in [5.41, 5.74) is 3.26. The first-order chi connectivity index (χ1) is 9.58. The number of anilines is 1. The molecule has 2 rings (SSSR count). The van der Waals surface area contributed by atoms with E-state index in [9.17, 15) is 4.79 Å². The summed E-state index contributed by atoms with van der Waals surface area (Å²) < 4.78 is 1.98. The minimum absolute atomic E-state index is 0.0615. The topological polar surface area (TPSA) is 50.2 Å². The van der Waals surface area contributed by atoms with Crippen molar-refractivity contribution >= 4 is 11.6 Å². The van der Waals surface area contributed by atoms with Crippen molar-refractivity contribution < 1.29 is 4.79 Å². The molecule has 20 heavy (non-hydrogen) atoms. The number of rotatable bonds is 5. The summed E-state index contributed by atoms with van der Waals surface area (Å²) in [6, 6.07) is 8.03. The second kappa shape index (κ2) is 6.23. The predicted octanol–water partition coefficient (Wildman–Crippen LogP) is 2.01. The Morgan fingerprint density at radius 3 is 2.80 bits per heavy atom. The Bertz CT molecular complexity index is 591. The molecule has 0 radical (unpaired) electrons. The summed E-state index contributed by atoms with van der Waals surface area (Å²) in [5, 5.41) is 3.40. The van der Waals surface area contributed by atoms with E-state index in [0.717, 1.165) is 16.9 Å². The Morgan fingerprint density at radius 1 is 1.40 bits per heavy atom. The molecule has 2 aromatic rings. The standard InChI is InChI=1S/C15H20N4O/c1-12(20)18(2)10-13-6-4-5-7-15(13)17-9-14-8-16-11-19(14)3/h4-8,11,17H,9-10H2,1-3H3. The van der Waals surface area contributed by atoms with Crippen LogP contribution in [0.2, 0.25) is 0 Å². The van der Waals surface area contributed by atoms with E-state index in [0.29, 0.717) is 13.1 Å². The molecule has 0 atom stereocenters. The molecule has 5 nitrogen and oxygen atoms in total. The highest BCUT2D eigenvalue weighted by molar-refractivity contribution is 5.73. The molecule has 0 aliphatic carbocycles. The van der Waals surface area contributed by atoms with Crippen molar-refractivity contribution in [3.8, 4) is 0 Å². The molecule has 106 valence electrons. The van der Waals surface area contributed by atoms with Crippen LogP contribution >= 0.6 is 0 Å². The minimum atomic E-state index is 0.0615. The SMILES string of the molecule is CC(=O)N(C)Cc1ccccc1NCc1cncn1C. The number of nitrogens with one attached hydrogen (secondary N) is 1. The van der Waals surface area contributed by atoms with E-state index in [-0.39, 0.29) is 5.91 Å². The lowest BCUT2D eigenvalue weighted by atomic mass is 10.1. The van der Waals surface area contributed by atoms with Gasteiger partial charge in [-0.25, -0.2) is 4.98 Å². The largest absolute Gasteiger partial charge is 0.379 e. The third kappa shape index (κ3) is 3.38. The van der Waals surface area contributed by atoms with Crippen molar-refractivity contribution in [2.75, 3.05) is 12.4 Å². The molecule has 0 fully saturated rings. The van der Waals surface area contributed by atoms with Gasteiger partial charge in [-0.1, -0.05) is 18.2 Å². The number of aromatic nitrogens is 2. The summed E-state index contributed by atoms with van der Waals surface area (Å²) in [5.74, 6) is 0.0615. The maximum Gasteiger partial charge on any atom is 0.219 e. The van der Waals surface area contributed by atoms with Gasteiger partial charge in [-0.05, 0) is 11.6 Å². The molecule has 1 amide bonds. The maximum atomic E-state index is 11.3. The number of imidazole rings is 1. The number of aryl methyl sites for hydroxylation is 1. The van der Waals surface area contributed by atoms with E-state index in [1.54, 1.807) is 25.2 Å². The highest BCUT2D eigenvalue weighted by Gasteiger charge is 2.07. The number of benzene rings is 1. The number of nitrogens with zero attached hydrogens (tertiary/aromatic N) is 3. The van der Waals surface area contributed by atoms with Crippen LogP contribution in [0.5, 0.6) is 0 Å². The van der Waals surface area contributed by atoms with Gasteiger partial charge in [-0.15, -0.1) is 0 Å². The van der Waals surface area contributed by atoms with Gasteiger partial charge in [0, 0.05) is 39.4 Å². The van der Waals surface area contributed by atoms with Crippen LogP contribution < -0.4 is 5.32 Å². The van der Waals surface area contributed by atoms with E-state index in [2.05, 4.69) is 10.3 Å². The second-order valence-corrected chi connectivity index (χ2v) is 4.88. The smallest absolute Gasteiger partial charge is 0.219 e. The van der Waals surface area contributed by atoms with E-state index in [1.807, 2.05) is 42.1 Å². The molecule has 0 unspecified atom stereocenters. The van der Waals surface area contributed by atoms with E-state index >= 15 is 0 Å². The quantitative estimate of drug-likeness (QED) is 0.906. The fourth-order valence-electron chi connectivity index (χ4n) is 1.94. The zero-order valence-corrected chi connectivity index (χ0v) is 12.1. The first-order valence-electron chi connectivity index (χ1n) is 6.56. The Kier molecular flexibility index (Phi) is 4.40. The molecule has 0 aliphatic rings. The number of hydrogen-bond donors (Lipinski definition) is 1. The number of hydrogen-bond acceptors (Lipinski definition) is 3. The minimum Gasteiger partial charge on any atom is -0.379 e. The van der Waals surface area contributed by atoms with Crippen molar-refractivity contribution in [1.29, 1.82) is 0 Å². The molecule has 1 aromatic carbocycles. The molecule has 0 bridgehead atoms. The third-order valence-corrected chi connectivity index (χ3v) is 3.34. The number of carbonyl (C=O) groups excluding carboxylic acids is 1. The molecule has 0 spiro atoms. The summed E-state index contributed by atoms with van der Waals surface area (Å²) >= 11 is 0. The van der Waals surface area contributed by atoms with E-state index < -0.39 is 0 Å². The van der Waals surface area contributed by atoms with Crippen molar-refractivity contribution in [3.63, 3.8) is 0 Å². The molecule has 0 saturated heterocycles. The van der Waals surface area contributed by atoms with Gasteiger partial charge in [0.05, 0.1) is 18.6 Å². The molecule has 0 aliphatic heterocycles. The zero-order chi connectivity index (χ0) is 14.5. The van der Waals surface area contributed by atoms with Gasteiger partial charge in [0.25, 0.3) is 0 Å². The Balaban J connectivity index is 2.08. The van der Waals surface area contributed by atoms with Gasteiger partial charge in [0.15, 0.2) is 0 Å². The van der Waals surface area contributed by atoms with Crippen molar-refractivity contribution in [2.24, 2.45) is 7.05 Å². The van der Waals surface area contributed by atoms with Gasteiger partial charge >= 0.3 is 0 Å². The first kappa shape index (κ1) is 14.1. The van der Waals surface area contributed by atoms with Crippen LogP contribution in [0.15, 0.2) is 36.8 Å². The molecular weight excluding hydrogens is 252 g/mol.